The van der Waals surface area contributed by atoms with Crippen molar-refractivity contribution in [2.75, 3.05) is 11.9 Å². The molecule has 0 bridgehead atoms. The van der Waals surface area contributed by atoms with Crippen molar-refractivity contribution in [3.8, 4) is 0 Å². The van der Waals surface area contributed by atoms with E-state index in [0.29, 0.717) is 12.6 Å². The molecule has 0 amide bonds. The zero-order valence-electron chi connectivity index (χ0n) is 10.3. The van der Waals surface area contributed by atoms with Crippen LogP contribution in [0.25, 0.3) is 11.0 Å². The molecule has 2 aromatic heterocycles. The third kappa shape index (κ3) is 2.39. The van der Waals surface area contributed by atoms with Crippen molar-refractivity contribution in [2.24, 2.45) is 12.8 Å². The second-order valence-electron chi connectivity index (χ2n) is 4.21. The number of aromatic nitrogens is 3. The zero-order chi connectivity index (χ0) is 12.3. The topological polar surface area (TPSA) is 68.8 Å². The Kier molecular flexibility index (Phi) is 3.58. The summed E-state index contributed by atoms with van der Waals surface area (Å²) in [4.78, 5) is 8.73. The molecule has 1 atom stereocenters. The summed E-state index contributed by atoms with van der Waals surface area (Å²) >= 11 is 0. The molecule has 0 spiro atoms. The summed E-state index contributed by atoms with van der Waals surface area (Å²) in [6.07, 6.45) is 5.59. The van der Waals surface area contributed by atoms with Gasteiger partial charge in [0, 0.05) is 19.3 Å². The SMILES string of the molecule is CCC(CCN)Nc1nccc2c1ncn2C. The van der Waals surface area contributed by atoms with Crippen LogP contribution in [0.3, 0.4) is 0 Å². The second-order valence-corrected chi connectivity index (χ2v) is 4.21. The van der Waals surface area contributed by atoms with Crippen LogP contribution in [0.15, 0.2) is 18.6 Å². The van der Waals surface area contributed by atoms with Crippen LogP contribution in [0, 0.1) is 0 Å². The van der Waals surface area contributed by atoms with Gasteiger partial charge in [0.05, 0.1) is 11.8 Å². The standard InChI is InChI=1S/C12H19N5/c1-3-9(4-6-13)16-12-11-10(5-7-14-12)17(2)8-15-11/h5,7-9H,3-4,6,13H2,1-2H3,(H,14,16). The van der Waals surface area contributed by atoms with E-state index in [0.717, 1.165) is 29.7 Å². The van der Waals surface area contributed by atoms with Gasteiger partial charge in [-0.05, 0) is 25.5 Å². The average Bonchev–Trinajstić information content (AvgIpc) is 2.72. The summed E-state index contributed by atoms with van der Waals surface area (Å²) in [6.45, 7) is 2.83. The highest BCUT2D eigenvalue weighted by Gasteiger charge is 2.10. The smallest absolute Gasteiger partial charge is 0.154 e. The highest BCUT2D eigenvalue weighted by Crippen LogP contribution is 2.20. The molecule has 3 N–H and O–H groups in total. The summed E-state index contributed by atoms with van der Waals surface area (Å²) in [5.74, 6) is 0.850. The molecule has 0 aromatic carbocycles. The largest absolute Gasteiger partial charge is 0.365 e. The maximum absolute atomic E-state index is 5.60. The number of imidazole rings is 1. The molecule has 0 aliphatic heterocycles. The lowest BCUT2D eigenvalue weighted by molar-refractivity contribution is 0.640. The normalized spacial score (nSPS) is 12.9. The molecule has 0 saturated carbocycles. The molecule has 17 heavy (non-hydrogen) atoms. The van der Waals surface area contributed by atoms with E-state index in [1.54, 1.807) is 6.33 Å². The van der Waals surface area contributed by atoms with Gasteiger partial charge >= 0.3 is 0 Å². The van der Waals surface area contributed by atoms with Gasteiger partial charge in [-0.15, -0.1) is 0 Å². The number of rotatable bonds is 5. The van der Waals surface area contributed by atoms with Gasteiger partial charge in [0.15, 0.2) is 5.82 Å². The molecule has 5 nitrogen and oxygen atoms in total. The van der Waals surface area contributed by atoms with Gasteiger partial charge in [-0.1, -0.05) is 6.92 Å². The number of anilines is 1. The van der Waals surface area contributed by atoms with Crippen molar-refractivity contribution >= 4 is 16.9 Å². The molecular weight excluding hydrogens is 214 g/mol. The molecule has 92 valence electrons. The van der Waals surface area contributed by atoms with Crippen LogP contribution in [-0.2, 0) is 7.05 Å². The third-order valence-corrected chi connectivity index (χ3v) is 2.99. The van der Waals surface area contributed by atoms with E-state index in [9.17, 15) is 0 Å². The van der Waals surface area contributed by atoms with E-state index in [1.165, 1.54) is 0 Å². The minimum absolute atomic E-state index is 0.361. The maximum Gasteiger partial charge on any atom is 0.154 e. The van der Waals surface area contributed by atoms with Gasteiger partial charge < -0.3 is 15.6 Å². The minimum atomic E-state index is 0.361. The van der Waals surface area contributed by atoms with Gasteiger partial charge in [0.25, 0.3) is 0 Å². The monoisotopic (exact) mass is 233 g/mol. The first-order valence-corrected chi connectivity index (χ1v) is 5.99. The Morgan fingerprint density at radius 3 is 3.00 bits per heavy atom. The predicted octanol–water partition coefficient (Wildman–Crippen LogP) is 1.51. The molecule has 0 radical (unpaired) electrons. The van der Waals surface area contributed by atoms with E-state index in [2.05, 4.69) is 22.2 Å². The number of pyridine rings is 1. The van der Waals surface area contributed by atoms with Gasteiger partial charge in [0.2, 0.25) is 0 Å². The second kappa shape index (κ2) is 5.14. The molecule has 0 aliphatic rings. The third-order valence-electron chi connectivity index (χ3n) is 2.99. The highest BCUT2D eigenvalue weighted by molar-refractivity contribution is 5.85. The van der Waals surface area contributed by atoms with Crippen LogP contribution in [0.1, 0.15) is 19.8 Å². The van der Waals surface area contributed by atoms with Crippen molar-refractivity contribution in [2.45, 2.75) is 25.8 Å². The van der Waals surface area contributed by atoms with Crippen molar-refractivity contribution in [1.29, 1.82) is 0 Å². The maximum atomic E-state index is 5.60. The number of nitrogens with zero attached hydrogens (tertiary/aromatic N) is 3. The molecule has 0 aliphatic carbocycles. The van der Waals surface area contributed by atoms with Gasteiger partial charge in [-0.25, -0.2) is 9.97 Å². The highest BCUT2D eigenvalue weighted by atomic mass is 15.1. The lowest BCUT2D eigenvalue weighted by atomic mass is 10.1. The first kappa shape index (κ1) is 11.9. The van der Waals surface area contributed by atoms with Gasteiger partial charge in [-0.2, -0.15) is 0 Å². The van der Waals surface area contributed by atoms with Crippen molar-refractivity contribution < 1.29 is 0 Å². The van der Waals surface area contributed by atoms with Crippen LogP contribution in [0.4, 0.5) is 5.82 Å². The van der Waals surface area contributed by atoms with Gasteiger partial charge in [-0.3, -0.25) is 0 Å². The van der Waals surface area contributed by atoms with Crippen molar-refractivity contribution in [3.05, 3.63) is 18.6 Å². The first-order chi connectivity index (χ1) is 8.26. The summed E-state index contributed by atoms with van der Waals surface area (Å²) in [5.41, 5.74) is 7.61. The number of fused-ring (bicyclic) bond motifs is 1. The number of hydrogen-bond acceptors (Lipinski definition) is 4. The fourth-order valence-electron chi connectivity index (χ4n) is 1.94. The molecule has 0 saturated heterocycles. The summed E-state index contributed by atoms with van der Waals surface area (Å²) in [6, 6.07) is 2.33. The Balaban J connectivity index is 2.29. The van der Waals surface area contributed by atoms with E-state index >= 15 is 0 Å². The Morgan fingerprint density at radius 2 is 2.29 bits per heavy atom. The molecule has 5 heteroatoms. The fraction of sp³-hybridized carbons (Fsp3) is 0.500. The number of nitrogens with two attached hydrogens (primary N) is 1. The van der Waals surface area contributed by atoms with Gasteiger partial charge in [0.1, 0.15) is 5.52 Å². The number of aryl methyl sites for hydroxylation is 1. The Labute approximate surface area is 101 Å². The Hall–Kier alpha value is -1.62. The van der Waals surface area contributed by atoms with E-state index in [1.807, 2.05) is 23.9 Å². The van der Waals surface area contributed by atoms with Crippen LogP contribution in [0.5, 0.6) is 0 Å². The van der Waals surface area contributed by atoms with Crippen molar-refractivity contribution in [1.82, 2.24) is 14.5 Å². The van der Waals surface area contributed by atoms with E-state index in [4.69, 9.17) is 5.73 Å². The first-order valence-electron chi connectivity index (χ1n) is 5.99. The lowest BCUT2D eigenvalue weighted by Crippen LogP contribution is -2.22. The van der Waals surface area contributed by atoms with Crippen LogP contribution in [0.2, 0.25) is 0 Å². The molecule has 1 unspecified atom stereocenters. The summed E-state index contributed by atoms with van der Waals surface area (Å²) in [5, 5.41) is 3.42. The van der Waals surface area contributed by atoms with Crippen LogP contribution in [-0.4, -0.2) is 27.1 Å². The summed E-state index contributed by atoms with van der Waals surface area (Å²) < 4.78 is 1.99. The molecule has 2 rings (SSSR count). The van der Waals surface area contributed by atoms with Crippen molar-refractivity contribution in [3.63, 3.8) is 0 Å². The zero-order valence-corrected chi connectivity index (χ0v) is 10.3. The Bertz CT molecular complexity index is 491. The number of hydrogen-bond donors (Lipinski definition) is 2. The molecule has 2 heterocycles. The van der Waals surface area contributed by atoms with E-state index in [-0.39, 0.29) is 0 Å². The number of nitrogens with one attached hydrogen (secondary N) is 1. The molecule has 0 fully saturated rings. The molecule has 2 aromatic rings. The quantitative estimate of drug-likeness (QED) is 0.821. The predicted molar refractivity (Wildman–Crippen MR) is 69.9 cm³/mol. The average molecular weight is 233 g/mol. The summed E-state index contributed by atoms with van der Waals surface area (Å²) in [7, 11) is 1.98. The molecular formula is C12H19N5. The fourth-order valence-corrected chi connectivity index (χ4v) is 1.94. The minimum Gasteiger partial charge on any atom is -0.365 e. The van der Waals surface area contributed by atoms with Crippen LogP contribution >= 0.6 is 0 Å². The lowest BCUT2D eigenvalue weighted by Gasteiger charge is -2.16. The van der Waals surface area contributed by atoms with E-state index < -0.39 is 0 Å². The van der Waals surface area contributed by atoms with Crippen LogP contribution < -0.4 is 11.1 Å². The Morgan fingerprint density at radius 1 is 1.47 bits per heavy atom.